The number of carbonyl (C=O) groups excluding carboxylic acids is 1. The second-order valence-corrected chi connectivity index (χ2v) is 7.84. The highest BCUT2D eigenvalue weighted by molar-refractivity contribution is 5.81. The number of benzene rings is 1. The van der Waals surface area contributed by atoms with Crippen LogP contribution < -0.4 is 5.32 Å². The van der Waals surface area contributed by atoms with Gasteiger partial charge in [-0.1, -0.05) is 18.2 Å². The van der Waals surface area contributed by atoms with Crippen LogP contribution in [0.2, 0.25) is 0 Å². The van der Waals surface area contributed by atoms with Gasteiger partial charge in [0.05, 0.1) is 23.8 Å². The van der Waals surface area contributed by atoms with Gasteiger partial charge in [-0.25, -0.2) is 0 Å². The second kappa shape index (κ2) is 7.33. The minimum atomic E-state index is -0.266. The Morgan fingerprint density at radius 2 is 1.81 bits per heavy atom. The van der Waals surface area contributed by atoms with Crippen LogP contribution in [0.3, 0.4) is 0 Å². The number of aliphatic hydroxyl groups is 2. The smallest absolute Gasteiger partial charge is 0.223 e. The first-order chi connectivity index (χ1) is 12.6. The van der Waals surface area contributed by atoms with Crippen molar-refractivity contribution in [3.63, 3.8) is 0 Å². The molecule has 2 aliphatic carbocycles. The third-order valence-electron chi connectivity index (χ3n) is 5.96. The van der Waals surface area contributed by atoms with E-state index in [-0.39, 0.29) is 36.0 Å². The predicted molar refractivity (Wildman–Crippen MR) is 99.3 cm³/mol. The van der Waals surface area contributed by atoms with Gasteiger partial charge in [-0.15, -0.1) is 0 Å². The summed E-state index contributed by atoms with van der Waals surface area (Å²) in [6.45, 7) is 0. The normalized spacial score (nSPS) is 29.8. The van der Waals surface area contributed by atoms with Gasteiger partial charge < -0.3 is 15.5 Å². The van der Waals surface area contributed by atoms with Crippen molar-refractivity contribution in [3.05, 3.63) is 42.1 Å². The molecule has 2 saturated carbocycles. The molecule has 2 aromatic rings. The summed E-state index contributed by atoms with van der Waals surface area (Å²) in [4.78, 5) is 17.3. The van der Waals surface area contributed by atoms with Gasteiger partial charge in [0, 0.05) is 17.5 Å². The third-order valence-corrected chi connectivity index (χ3v) is 5.96. The van der Waals surface area contributed by atoms with Crippen LogP contribution in [-0.2, 0) is 4.79 Å². The van der Waals surface area contributed by atoms with Crippen molar-refractivity contribution < 1.29 is 15.0 Å². The Morgan fingerprint density at radius 3 is 2.54 bits per heavy atom. The fourth-order valence-corrected chi connectivity index (χ4v) is 4.24. The van der Waals surface area contributed by atoms with Gasteiger partial charge in [-0.3, -0.25) is 9.78 Å². The molecule has 5 heteroatoms. The molecule has 1 heterocycles. The highest BCUT2D eigenvalue weighted by atomic mass is 16.3. The van der Waals surface area contributed by atoms with E-state index in [1.54, 1.807) is 0 Å². The summed E-state index contributed by atoms with van der Waals surface area (Å²) in [5.74, 6) is 0.279. The van der Waals surface area contributed by atoms with E-state index < -0.39 is 0 Å². The number of para-hydroxylation sites is 1. The zero-order valence-corrected chi connectivity index (χ0v) is 14.8. The van der Waals surface area contributed by atoms with Crippen molar-refractivity contribution in [2.24, 2.45) is 11.8 Å². The number of pyridine rings is 1. The number of carbonyl (C=O) groups is 1. The molecule has 3 N–H and O–H groups in total. The SMILES string of the molecule is O=C(NC(c1cnc2ccccc2c1)C1CC(O)C1)C1CCC(O)CC1. The number of hydrogen-bond acceptors (Lipinski definition) is 4. The predicted octanol–water partition coefficient (Wildman–Crippen LogP) is 2.71. The molecule has 2 aliphatic rings. The maximum atomic E-state index is 12.8. The standard InChI is InChI=1S/C21H26N2O3/c24-17-7-5-13(6-8-17)21(26)23-20(15-10-18(25)11-15)16-9-14-3-1-2-4-19(14)22-12-16/h1-4,9,12-13,15,17-18,20,24-25H,5-8,10-11H2,(H,23,26). The molecule has 0 aliphatic heterocycles. The van der Waals surface area contributed by atoms with Crippen molar-refractivity contribution >= 4 is 16.8 Å². The molecule has 0 bridgehead atoms. The molecule has 138 valence electrons. The molecule has 0 saturated heterocycles. The number of rotatable bonds is 4. The Kier molecular flexibility index (Phi) is 4.92. The largest absolute Gasteiger partial charge is 0.393 e. The van der Waals surface area contributed by atoms with E-state index in [0.29, 0.717) is 25.7 Å². The molecule has 1 unspecified atom stereocenters. The molecule has 4 rings (SSSR count). The Balaban J connectivity index is 1.54. The number of aliphatic hydroxyl groups excluding tert-OH is 2. The highest BCUT2D eigenvalue weighted by Crippen LogP contribution is 2.39. The first-order valence-corrected chi connectivity index (χ1v) is 9.61. The van der Waals surface area contributed by atoms with Gasteiger partial charge in [-0.05, 0) is 62.1 Å². The molecular formula is C21H26N2O3. The fourth-order valence-electron chi connectivity index (χ4n) is 4.24. The summed E-state index contributed by atoms with van der Waals surface area (Å²) in [5, 5.41) is 23.7. The average Bonchev–Trinajstić information content (AvgIpc) is 2.64. The van der Waals surface area contributed by atoms with Crippen LogP contribution in [0, 0.1) is 11.8 Å². The van der Waals surface area contributed by atoms with Crippen molar-refractivity contribution in [1.29, 1.82) is 0 Å². The Hall–Kier alpha value is -1.98. The lowest BCUT2D eigenvalue weighted by Crippen LogP contribution is -2.44. The lowest BCUT2D eigenvalue weighted by Gasteiger charge is -2.39. The molecule has 1 atom stereocenters. The summed E-state index contributed by atoms with van der Waals surface area (Å²) in [6.07, 6.45) is 5.61. The van der Waals surface area contributed by atoms with Gasteiger partial charge in [0.15, 0.2) is 0 Å². The minimum Gasteiger partial charge on any atom is -0.393 e. The summed E-state index contributed by atoms with van der Waals surface area (Å²) in [6, 6.07) is 9.95. The number of hydrogen-bond donors (Lipinski definition) is 3. The van der Waals surface area contributed by atoms with E-state index in [9.17, 15) is 15.0 Å². The average molecular weight is 354 g/mol. The maximum absolute atomic E-state index is 12.8. The summed E-state index contributed by atoms with van der Waals surface area (Å²) >= 11 is 0. The Morgan fingerprint density at radius 1 is 1.08 bits per heavy atom. The van der Waals surface area contributed by atoms with E-state index in [2.05, 4.69) is 16.4 Å². The van der Waals surface area contributed by atoms with Crippen LogP contribution in [-0.4, -0.2) is 33.3 Å². The third kappa shape index (κ3) is 3.60. The Labute approximate surface area is 153 Å². The van der Waals surface area contributed by atoms with Crippen molar-refractivity contribution in [3.8, 4) is 0 Å². The van der Waals surface area contributed by atoms with Gasteiger partial charge in [0.25, 0.3) is 0 Å². The van der Waals surface area contributed by atoms with Crippen molar-refractivity contribution in [2.75, 3.05) is 0 Å². The fraction of sp³-hybridized carbons (Fsp3) is 0.524. The number of nitrogens with zero attached hydrogens (tertiary/aromatic N) is 1. The summed E-state index contributed by atoms with van der Waals surface area (Å²) < 4.78 is 0. The first-order valence-electron chi connectivity index (χ1n) is 9.61. The molecular weight excluding hydrogens is 328 g/mol. The molecule has 0 radical (unpaired) electrons. The summed E-state index contributed by atoms with van der Waals surface area (Å²) in [7, 11) is 0. The number of nitrogens with one attached hydrogen (secondary N) is 1. The Bertz CT molecular complexity index is 780. The van der Waals surface area contributed by atoms with Crippen LogP contribution in [0.5, 0.6) is 0 Å². The minimum absolute atomic E-state index is 0.0284. The van der Waals surface area contributed by atoms with E-state index >= 15 is 0 Å². The monoisotopic (exact) mass is 354 g/mol. The lowest BCUT2D eigenvalue weighted by molar-refractivity contribution is -0.128. The van der Waals surface area contributed by atoms with E-state index in [1.165, 1.54) is 0 Å². The molecule has 26 heavy (non-hydrogen) atoms. The number of fused-ring (bicyclic) bond motifs is 1. The molecule has 1 amide bonds. The summed E-state index contributed by atoms with van der Waals surface area (Å²) in [5.41, 5.74) is 1.95. The molecule has 1 aromatic heterocycles. The van der Waals surface area contributed by atoms with Crippen molar-refractivity contribution in [2.45, 2.75) is 56.8 Å². The van der Waals surface area contributed by atoms with Gasteiger partial charge in [-0.2, -0.15) is 0 Å². The van der Waals surface area contributed by atoms with Crippen LogP contribution in [0.4, 0.5) is 0 Å². The second-order valence-electron chi connectivity index (χ2n) is 7.84. The van der Waals surface area contributed by atoms with Crippen LogP contribution in [0.25, 0.3) is 10.9 Å². The van der Waals surface area contributed by atoms with E-state index in [0.717, 1.165) is 29.3 Å². The highest BCUT2D eigenvalue weighted by Gasteiger charge is 2.37. The lowest BCUT2D eigenvalue weighted by atomic mass is 9.75. The zero-order valence-electron chi connectivity index (χ0n) is 14.8. The number of aromatic nitrogens is 1. The van der Waals surface area contributed by atoms with E-state index in [1.807, 2.05) is 30.5 Å². The quantitative estimate of drug-likeness (QED) is 0.788. The maximum Gasteiger partial charge on any atom is 0.223 e. The number of amides is 1. The molecule has 5 nitrogen and oxygen atoms in total. The van der Waals surface area contributed by atoms with Crippen LogP contribution >= 0.6 is 0 Å². The van der Waals surface area contributed by atoms with E-state index in [4.69, 9.17) is 0 Å². The van der Waals surface area contributed by atoms with Crippen LogP contribution in [0.15, 0.2) is 36.5 Å². The first kappa shape index (κ1) is 17.4. The van der Waals surface area contributed by atoms with Crippen LogP contribution in [0.1, 0.15) is 50.1 Å². The van der Waals surface area contributed by atoms with Gasteiger partial charge in [0.2, 0.25) is 5.91 Å². The van der Waals surface area contributed by atoms with Gasteiger partial charge >= 0.3 is 0 Å². The zero-order chi connectivity index (χ0) is 18.1. The van der Waals surface area contributed by atoms with Gasteiger partial charge in [0.1, 0.15) is 0 Å². The van der Waals surface area contributed by atoms with Crippen molar-refractivity contribution in [1.82, 2.24) is 10.3 Å². The molecule has 0 spiro atoms. The molecule has 1 aromatic carbocycles. The molecule has 2 fully saturated rings. The topological polar surface area (TPSA) is 82.5 Å².